The lowest BCUT2D eigenvalue weighted by molar-refractivity contribution is 0.459. The maximum atomic E-state index is 12.5. The van der Waals surface area contributed by atoms with Crippen molar-refractivity contribution in [2.24, 2.45) is 0 Å². The fourth-order valence-electron chi connectivity index (χ4n) is 2.22. The van der Waals surface area contributed by atoms with Gasteiger partial charge in [0.25, 0.3) is 10.0 Å². The smallest absolute Gasteiger partial charge is 0.261 e. The monoisotopic (exact) mass is 416 g/mol. The summed E-state index contributed by atoms with van der Waals surface area (Å²) in [6.07, 6.45) is 1.66. The Morgan fingerprint density at radius 3 is 2.23 bits per heavy atom. The van der Waals surface area contributed by atoms with Gasteiger partial charge in [-0.25, -0.2) is 21.1 Å². The van der Waals surface area contributed by atoms with Gasteiger partial charge in [-0.3, -0.25) is 4.72 Å². The molecule has 0 saturated heterocycles. The molecule has 0 heterocycles. The summed E-state index contributed by atoms with van der Waals surface area (Å²) in [7, 11) is -5.87. The van der Waals surface area contributed by atoms with Gasteiger partial charge < -0.3 is 0 Å². The van der Waals surface area contributed by atoms with Crippen molar-refractivity contribution in [1.29, 1.82) is 0 Å². The highest BCUT2D eigenvalue weighted by atomic mass is 35.5. The Morgan fingerprint density at radius 1 is 1.00 bits per heavy atom. The van der Waals surface area contributed by atoms with Gasteiger partial charge in [-0.2, -0.15) is 0 Å². The van der Waals surface area contributed by atoms with Gasteiger partial charge in [0.05, 0.1) is 9.79 Å². The lowest BCUT2D eigenvalue weighted by Gasteiger charge is -2.17. The van der Waals surface area contributed by atoms with Crippen LogP contribution in [0.3, 0.4) is 0 Å². The molecule has 0 aliphatic rings. The zero-order valence-electron chi connectivity index (χ0n) is 14.5. The third-order valence-corrected chi connectivity index (χ3v) is 7.23. The van der Waals surface area contributed by atoms with Gasteiger partial charge in [0, 0.05) is 24.3 Å². The van der Waals surface area contributed by atoms with Gasteiger partial charge in [0.15, 0.2) is 0 Å². The van der Waals surface area contributed by atoms with Crippen LogP contribution in [-0.2, 0) is 20.0 Å². The van der Waals surface area contributed by atoms with E-state index in [1.807, 2.05) is 6.92 Å². The molecule has 0 aliphatic heterocycles. The van der Waals surface area contributed by atoms with Crippen molar-refractivity contribution >= 4 is 37.3 Å². The maximum Gasteiger partial charge on any atom is 0.261 e. The van der Waals surface area contributed by atoms with E-state index >= 15 is 0 Å². The van der Waals surface area contributed by atoms with E-state index in [2.05, 4.69) is 4.72 Å². The minimum absolute atomic E-state index is 0.0287. The quantitative estimate of drug-likeness (QED) is 0.713. The molecule has 0 aromatic heterocycles. The minimum Gasteiger partial charge on any atom is -0.280 e. The summed E-state index contributed by atoms with van der Waals surface area (Å²) in [4.78, 5) is 0.141. The molecular formula is C17H21ClN2O4S2. The second kappa shape index (κ2) is 8.39. The molecular weight excluding hydrogens is 396 g/mol. The van der Waals surface area contributed by atoms with E-state index in [0.29, 0.717) is 11.6 Å². The van der Waals surface area contributed by atoms with Crippen molar-refractivity contribution in [2.75, 3.05) is 18.3 Å². The zero-order chi connectivity index (χ0) is 19.4. The van der Waals surface area contributed by atoms with Crippen LogP contribution >= 0.6 is 11.6 Å². The summed E-state index contributed by atoms with van der Waals surface area (Å²) >= 11 is 5.83. The molecule has 0 aliphatic carbocycles. The number of halogens is 1. The Morgan fingerprint density at radius 2 is 1.65 bits per heavy atom. The van der Waals surface area contributed by atoms with Gasteiger partial charge in [0.1, 0.15) is 0 Å². The molecule has 1 N–H and O–H groups in total. The van der Waals surface area contributed by atoms with E-state index in [0.717, 1.165) is 12.8 Å². The fraction of sp³-hybridized carbons (Fsp3) is 0.294. The van der Waals surface area contributed by atoms with Crippen molar-refractivity contribution in [2.45, 2.75) is 29.6 Å². The number of nitrogens with zero attached hydrogens (tertiary/aromatic N) is 1. The van der Waals surface area contributed by atoms with Crippen LogP contribution in [0.15, 0.2) is 58.3 Å². The van der Waals surface area contributed by atoms with Crippen LogP contribution in [0, 0.1) is 0 Å². The molecule has 0 radical (unpaired) electrons. The summed E-state index contributed by atoms with van der Waals surface area (Å²) in [5.74, 6) is 0. The molecule has 0 unspecified atom stereocenters. The first-order chi connectivity index (χ1) is 12.2. The highest BCUT2D eigenvalue weighted by Crippen LogP contribution is 2.22. The maximum absolute atomic E-state index is 12.5. The number of anilines is 1. The predicted molar refractivity (Wildman–Crippen MR) is 103 cm³/mol. The largest absolute Gasteiger partial charge is 0.280 e. The zero-order valence-corrected chi connectivity index (χ0v) is 16.9. The number of sulfonamides is 2. The van der Waals surface area contributed by atoms with Crippen molar-refractivity contribution in [3.8, 4) is 0 Å². The Kier molecular flexibility index (Phi) is 6.68. The Balaban J connectivity index is 2.19. The molecule has 2 aromatic carbocycles. The lowest BCUT2D eigenvalue weighted by atomic mass is 10.3. The van der Waals surface area contributed by atoms with Crippen LogP contribution in [0.4, 0.5) is 5.69 Å². The normalized spacial score (nSPS) is 12.3. The summed E-state index contributed by atoms with van der Waals surface area (Å²) in [6.45, 7) is 2.42. The van der Waals surface area contributed by atoms with Gasteiger partial charge >= 0.3 is 0 Å². The highest BCUT2D eigenvalue weighted by molar-refractivity contribution is 7.92. The molecule has 2 aromatic rings. The summed E-state index contributed by atoms with van der Waals surface area (Å²) in [5, 5.41) is 0.310. The highest BCUT2D eigenvalue weighted by Gasteiger charge is 2.20. The number of hydrogen-bond donors (Lipinski definition) is 1. The SMILES string of the molecule is CCCCN(C)S(=O)(=O)c1ccc(NS(=O)(=O)c2cccc(Cl)c2)cc1. The van der Waals surface area contributed by atoms with E-state index in [9.17, 15) is 16.8 Å². The van der Waals surface area contributed by atoms with Crippen molar-refractivity contribution in [3.05, 3.63) is 53.6 Å². The van der Waals surface area contributed by atoms with Gasteiger partial charge in [-0.05, 0) is 48.9 Å². The van der Waals surface area contributed by atoms with Crippen molar-refractivity contribution in [3.63, 3.8) is 0 Å². The lowest BCUT2D eigenvalue weighted by Crippen LogP contribution is -2.27. The van der Waals surface area contributed by atoms with Crippen LogP contribution in [0.5, 0.6) is 0 Å². The van der Waals surface area contributed by atoms with E-state index in [4.69, 9.17) is 11.6 Å². The Labute approximate surface area is 159 Å². The molecule has 0 saturated carbocycles. The molecule has 0 amide bonds. The van der Waals surface area contributed by atoms with Gasteiger partial charge in [-0.1, -0.05) is 31.0 Å². The standard InChI is InChI=1S/C17H21ClN2O4S2/c1-3-4-12-20(2)26(23,24)16-10-8-15(9-11-16)19-25(21,22)17-7-5-6-14(18)13-17/h5-11,13,19H,3-4,12H2,1-2H3. The molecule has 2 rings (SSSR count). The van der Waals surface area contributed by atoms with Crippen LogP contribution < -0.4 is 4.72 Å². The van der Waals surface area contributed by atoms with E-state index in [1.54, 1.807) is 12.1 Å². The Bertz CT molecular complexity index is 959. The predicted octanol–water partition coefficient (Wildman–Crippen LogP) is 3.56. The number of rotatable bonds is 8. The summed E-state index contributed by atoms with van der Waals surface area (Å²) < 4.78 is 53.4. The number of nitrogens with one attached hydrogen (secondary N) is 1. The average molecular weight is 417 g/mol. The van der Waals surface area contributed by atoms with Crippen molar-refractivity contribution in [1.82, 2.24) is 4.31 Å². The molecule has 26 heavy (non-hydrogen) atoms. The van der Waals surface area contributed by atoms with Crippen LogP contribution in [0.25, 0.3) is 0 Å². The van der Waals surface area contributed by atoms with Crippen molar-refractivity contribution < 1.29 is 16.8 Å². The molecule has 6 nitrogen and oxygen atoms in total. The van der Waals surface area contributed by atoms with Crippen LogP contribution in [-0.4, -0.2) is 34.7 Å². The molecule has 0 bridgehead atoms. The number of hydrogen-bond acceptors (Lipinski definition) is 4. The molecule has 0 fully saturated rings. The number of unbranched alkanes of at least 4 members (excludes halogenated alkanes) is 1. The van der Waals surface area contributed by atoms with E-state index in [-0.39, 0.29) is 15.5 Å². The first-order valence-corrected chi connectivity index (χ1v) is 11.3. The summed E-state index contributed by atoms with van der Waals surface area (Å²) in [6, 6.07) is 11.5. The van der Waals surface area contributed by atoms with E-state index < -0.39 is 20.0 Å². The average Bonchev–Trinajstić information content (AvgIpc) is 2.59. The molecule has 9 heteroatoms. The molecule has 0 atom stereocenters. The number of benzene rings is 2. The second-order valence-corrected chi connectivity index (χ2v) is 9.93. The Hall–Kier alpha value is -1.61. The van der Waals surface area contributed by atoms with E-state index in [1.165, 1.54) is 47.8 Å². The third kappa shape index (κ3) is 4.97. The van der Waals surface area contributed by atoms with Crippen LogP contribution in [0.2, 0.25) is 5.02 Å². The first-order valence-electron chi connectivity index (χ1n) is 8.01. The second-order valence-electron chi connectivity index (χ2n) is 5.77. The fourth-order valence-corrected chi connectivity index (χ4v) is 4.79. The summed E-state index contributed by atoms with van der Waals surface area (Å²) in [5.41, 5.74) is 0.264. The third-order valence-electron chi connectivity index (χ3n) is 3.75. The van der Waals surface area contributed by atoms with Gasteiger partial charge in [-0.15, -0.1) is 0 Å². The first kappa shape index (κ1) is 20.7. The topological polar surface area (TPSA) is 83.6 Å². The van der Waals surface area contributed by atoms with Crippen LogP contribution in [0.1, 0.15) is 19.8 Å². The molecule has 0 spiro atoms. The molecule has 142 valence electrons. The van der Waals surface area contributed by atoms with Gasteiger partial charge in [0.2, 0.25) is 10.0 Å². The minimum atomic E-state index is -3.81.